The predicted molar refractivity (Wildman–Crippen MR) is 70.2 cm³/mol. The molecule has 2 saturated heterocycles. The number of hydrogen-bond acceptors (Lipinski definition) is 4. The summed E-state index contributed by atoms with van der Waals surface area (Å²) in [5.74, 6) is 0.0286. The van der Waals surface area contributed by atoms with Crippen molar-refractivity contribution in [3.8, 4) is 0 Å². The molecule has 1 unspecified atom stereocenters. The van der Waals surface area contributed by atoms with E-state index in [9.17, 15) is 9.59 Å². The van der Waals surface area contributed by atoms with E-state index in [1.165, 1.54) is 12.5 Å². The average Bonchev–Trinajstić information content (AvgIpc) is 3.18. The molecule has 0 radical (unpaired) electrons. The summed E-state index contributed by atoms with van der Waals surface area (Å²) in [5.41, 5.74) is 0.559. The Hall–Kier alpha value is -1.82. The van der Waals surface area contributed by atoms with Crippen molar-refractivity contribution in [3.05, 3.63) is 24.2 Å². The minimum atomic E-state index is -0.272. The number of amides is 2. The van der Waals surface area contributed by atoms with Gasteiger partial charge in [-0.2, -0.15) is 0 Å². The van der Waals surface area contributed by atoms with E-state index in [2.05, 4.69) is 0 Å². The first kappa shape index (κ1) is 13.2. The van der Waals surface area contributed by atoms with Gasteiger partial charge < -0.3 is 19.0 Å². The highest BCUT2D eigenvalue weighted by Crippen LogP contribution is 2.16. The molecule has 6 nitrogen and oxygen atoms in total. The topological polar surface area (TPSA) is 63.0 Å². The molecule has 108 valence electrons. The molecule has 1 atom stereocenters. The molecule has 0 aromatic carbocycles. The number of carbonyl (C=O) groups excluding carboxylic acids is 2. The molecule has 2 aliphatic rings. The van der Waals surface area contributed by atoms with E-state index < -0.39 is 0 Å². The average molecular weight is 278 g/mol. The molecule has 0 N–H and O–H groups in total. The molecule has 6 heteroatoms. The first-order valence-corrected chi connectivity index (χ1v) is 6.97. The van der Waals surface area contributed by atoms with Crippen LogP contribution in [0.1, 0.15) is 23.2 Å². The molecule has 0 saturated carbocycles. The van der Waals surface area contributed by atoms with Crippen LogP contribution in [-0.2, 0) is 9.53 Å². The van der Waals surface area contributed by atoms with Crippen LogP contribution < -0.4 is 0 Å². The Morgan fingerprint density at radius 3 is 2.50 bits per heavy atom. The number of nitrogens with zero attached hydrogens (tertiary/aromatic N) is 2. The van der Waals surface area contributed by atoms with E-state index in [-0.39, 0.29) is 17.9 Å². The standard InChI is InChI=1S/C14H18N2O4/c17-13(11-3-9-19-10-11)15-4-6-16(7-5-15)14(18)12-2-1-8-20-12/h3,9-10,12H,1-2,4-8H2. The highest BCUT2D eigenvalue weighted by molar-refractivity contribution is 5.94. The molecule has 2 aliphatic heterocycles. The summed E-state index contributed by atoms with van der Waals surface area (Å²) in [6.45, 7) is 2.94. The van der Waals surface area contributed by atoms with E-state index in [4.69, 9.17) is 9.15 Å². The number of piperazine rings is 1. The lowest BCUT2D eigenvalue weighted by molar-refractivity contribution is -0.142. The van der Waals surface area contributed by atoms with E-state index in [1.54, 1.807) is 15.9 Å². The van der Waals surface area contributed by atoms with Gasteiger partial charge in [-0.3, -0.25) is 9.59 Å². The highest BCUT2D eigenvalue weighted by Gasteiger charge is 2.31. The fourth-order valence-electron chi connectivity index (χ4n) is 2.67. The Kier molecular flexibility index (Phi) is 3.73. The first-order chi connectivity index (χ1) is 9.75. The Balaban J connectivity index is 1.54. The SMILES string of the molecule is O=C(c1ccoc1)N1CCN(C(=O)C2CCCO2)CC1. The maximum Gasteiger partial charge on any atom is 0.257 e. The van der Waals surface area contributed by atoms with Gasteiger partial charge in [0, 0.05) is 32.8 Å². The van der Waals surface area contributed by atoms with Gasteiger partial charge >= 0.3 is 0 Å². The quantitative estimate of drug-likeness (QED) is 0.800. The van der Waals surface area contributed by atoms with E-state index >= 15 is 0 Å². The monoisotopic (exact) mass is 278 g/mol. The normalized spacial score (nSPS) is 23.1. The minimum absolute atomic E-state index is 0.0389. The molecular weight excluding hydrogens is 260 g/mol. The Morgan fingerprint density at radius 2 is 1.90 bits per heavy atom. The Labute approximate surface area is 117 Å². The summed E-state index contributed by atoms with van der Waals surface area (Å²) in [6.07, 6.45) is 4.44. The van der Waals surface area contributed by atoms with Crippen LogP contribution in [0.25, 0.3) is 0 Å². The molecular formula is C14H18N2O4. The van der Waals surface area contributed by atoms with E-state index in [0.29, 0.717) is 38.3 Å². The van der Waals surface area contributed by atoms with Crippen molar-refractivity contribution in [2.75, 3.05) is 32.8 Å². The maximum atomic E-state index is 12.2. The van der Waals surface area contributed by atoms with Gasteiger partial charge in [0.1, 0.15) is 12.4 Å². The lowest BCUT2D eigenvalue weighted by Gasteiger charge is -2.35. The maximum absolute atomic E-state index is 12.2. The van der Waals surface area contributed by atoms with Crippen molar-refractivity contribution < 1.29 is 18.7 Å². The van der Waals surface area contributed by atoms with Crippen LogP contribution in [0.3, 0.4) is 0 Å². The Bertz CT molecular complexity index is 471. The third-order valence-corrected chi connectivity index (χ3v) is 3.85. The molecule has 2 fully saturated rings. The number of ether oxygens (including phenoxy) is 1. The minimum Gasteiger partial charge on any atom is -0.472 e. The molecule has 1 aromatic rings. The molecule has 20 heavy (non-hydrogen) atoms. The van der Waals surface area contributed by atoms with Gasteiger partial charge in [-0.1, -0.05) is 0 Å². The molecule has 1 aromatic heterocycles. The number of hydrogen-bond donors (Lipinski definition) is 0. The van der Waals surface area contributed by atoms with Crippen LogP contribution in [0.5, 0.6) is 0 Å². The number of rotatable bonds is 2. The van der Waals surface area contributed by atoms with Crippen molar-refractivity contribution in [3.63, 3.8) is 0 Å². The van der Waals surface area contributed by atoms with Gasteiger partial charge in [0.25, 0.3) is 11.8 Å². The second-order valence-corrected chi connectivity index (χ2v) is 5.13. The van der Waals surface area contributed by atoms with Crippen LogP contribution in [0, 0.1) is 0 Å². The van der Waals surface area contributed by atoms with Crippen molar-refractivity contribution >= 4 is 11.8 Å². The summed E-state index contributed by atoms with van der Waals surface area (Å²) in [5, 5.41) is 0. The van der Waals surface area contributed by atoms with E-state index in [1.807, 2.05) is 0 Å². The molecule has 0 bridgehead atoms. The smallest absolute Gasteiger partial charge is 0.257 e. The lowest BCUT2D eigenvalue weighted by atomic mass is 10.2. The second kappa shape index (κ2) is 5.66. The second-order valence-electron chi connectivity index (χ2n) is 5.13. The van der Waals surface area contributed by atoms with E-state index in [0.717, 1.165) is 12.8 Å². The predicted octanol–water partition coefficient (Wildman–Crippen LogP) is 0.743. The number of furan rings is 1. The summed E-state index contributed by atoms with van der Waals surface area (Å²) >= 11 is 0. The summed E-state index contributed by atoms with van der Waals surface area (Å²) in [6, 6.07) is 1.66. The van der Waals surface area contributed by atoms with Gasteiger partial charge in [-0.25, -0.2) is 0 Å². The zero-order valence-corrected chi connectivity index (χ0v) is 11.3. The first-order valence-electron chi connectivity index (χ1n) is 6.97. The third kappa shape index (κ3) is 2.56. The summed E-state index contributed by atoms with van der Waals surface area (Å²) < 4.78 is 10.3. The van der Waals surface area contributed by atoms with Gasteiger partial charge in [-0.05, 0) is 18.9 Å². The van der Waals surface area contributed by atoms with Gasteiger partial charge in [-0.15, -0.1) is 0 Å². The fraction of sp³-hybridized carbons (Fsp3) is 0.571. The van der Waals surface area contributed by atoms with Gasteiger partial charge in [0.2, 0.25) is 0 Å². The molecule has 2 amide bonds. The van der Waals surface area contributed by atoms with Crippen LogP contribution in [0.4, 0.5) is 0 Å². The van der Waals surface area contributed by atoms with Crippen molar-refractivity contribution in [2.24, 2.45) is 0 Å². The van der Waals surface area contributed by atoms with Crippen molar-refractivity contribution in [2.45, 2.75) is 18.9 Å². The third-order valence-electron chi connectivity index (χ3n) is 3.85. The molecule has 3 rings (SSSR count). The Morgan fingerprint density at radius 1 is 1.15 bits per heavy atom. The zero-order valence-electron chi connectivity index (χ0n) is 11.3. The van der Waals surface area contributed by atoms with Gasteiger partial charge in [0.05, 0.1) is 11.8 Å². The number of carbonyl (C=O) groups is 2. The van der Waals surface area contributed by atoms with Crippen LogP contribution in [-0.4, -0.2) is 60.5 Å². The molecule has 0 spiro atoms. The van der Waals surface area contributed by atoms with Crippen LogP contribution >= 0.6 is 0 Å². The lowest BCUT2D eigenvalue weighted by Crippen LogP contribution is -2.52. The van der Waals surface area contributed by atoms with Crippen molar-refractivity contribution in [1.82, 2.24) is 9.80 Å². The summed E-state index contributed by atoms with van der Waals surface area (Å²) in [7, 11) is 0. The van der Waals surface area contributed by atoms with Crippen molar-refractivity contribution in [1.29, 1.82) is 0 Å². The molecule has 0 aliphatic carbocycles. The van der Waals surface area contributed by atoms with Gasteiger partial charge in [0.15, 0.2) is 0 Å². The van der Waals surface area contributed by atoms with Crippen LogP contribution in [0.15, 0.2) is 23.0 Å². The largest absolute Gasteiger partial charge is 0.472 e. The molecule has 3 heterocycles. The summed E-state index contributed by atoms with van der Waals surface area (Å²) in [4.78, 5) is 27.9. The fourth-order valence-corrected chi connectivity index (χ4v) is 2.67. The van der Waals surface area contributed by atoms with Crippen LogP contribution in [0.2, 0.25) is 0 Å². The zero-order chi connectivity index (χ0) is 13.9. The highest BCUT2D eigenvalue weighted by atomic mass is 16.5.